The van der Waals surface area contributed by atoms with Crippen LogP contribution in [0.4, 0.5) is 0 Å². The third kappa shape index (κ3) is 5.30. The van der Waals surface area contributed by atoms with E-state index in [1.807, 2.05) is 20.8 Å². The molecule has 2 N–H and O–H groups in total. The van der Waals surface area contributed by atoms with Gasteiger partial charge in [-0.2, -0.15) is 0 Å². The molecule has 0 radical (unpaired) electrons. The highest BCUT2D eigenvalue weighted by Crippen LogP contribution is 2.14. The predicted octanol–water partition coefficient (Wildman–Crippen LogP) is -0.120. The number of carbonyl (C=O) groups is 1. The first-order valence-corrected chi connectivity index (χ1v) is 6.44. The lowest BCUT2D eigenvalue weighted by Gasteiger charge is -2.38. The largest absolute Gasteiger partial charge is 0.363 e. The Morgan fingerprint density at radius 2 is 1.94 bits per heavy atom. The zero-order valence-electron chi connectivity index (χ0n) is 11.5. The molecule has 1 saturated heterocycles. The van der Waals surface area contributed by atoms with Gasteiger partial charge in [-0.25, -0.2) is 0 Å². The van der Waals surface area contributed by atoms with Crippen LogP contribution < -0.4 is 10.6 Å². The summed E-state index contributed by atoms with van der Waals surface area (Å²) in [4.78, 5) is 11.6. The molecule has 0 spiro atoms. The van der Waals surface area contributed by atoms with Gasteiger partial charge in [0.2, 0.25) is 5.91 Å². The van der Waals surface area contributed by atoms with Crippen molar-refractivity contribution in [1.29, 1.82) is 0 Å². The fourth-order valence-corrected chi connectivity index (χ4v) is 1.60. The first kappa shape index (κ1) is 15.4. The van der Waals surface area contributed by atoms with Gasteiger partial charge in [-0.05, 0) is 20.8 Å². The number of carbonyl (C=O) groups excluding carboxylic acids is 1. The van der Waals surface area contributed by atoms with Gasteiger partial charge in [0.05, 0.1) is 12.1 Å². The van der Waals surface area contributed by atoms with Gasteiger partial charge in [0.1, 0.15) is 6.61 Å². The lowest BCUT2D eigenvalue weighted by molar-refractivity contribution is -0.147. The molecule has 0 aromatic carbocycles. The van der Waals surface area contributed by atoms with Crippen molar-refractivity contribution < 1.29 is 19.0 Å². The Labute approximate surface area is 108 Å². The summed E-state index contributed by atoms with van der Waals surface area (Å²) in [7, 11) is 0. The summed E-state index contributed by atoms with van der Waals surface area (Å²) in [5.74, 6) is -0.146. The summed E-state index contributed by atoms with van der Waals surface area (Å²) in [5, 5.41) is 5.85. The van der Waals surface area contributed by atoms with Crippen molar-refractivity contribution in [3.8, 4) is 0 Å². The van der Waals surface area contributed by atoms with Crippen molar-refractivity contribution in [2.45, 2.75) is 32.7 Å². The van der Waals surface area contributed by atoms with Gasteiger partial charge in [0.25, 0.3) is 0 Å². The van der Waals surface area contributed by atoms with Crippen LogP contribution >= 0.6 is 0 Å². The second-order valence-electron chi connectivity index (χ2n) is 4.49. The van der Waals surface area contributed by atoms with E-state index >= 15 is 0 Å². The minimum atomic E-state index is -0.384. The minimum Gasteiger partial charge on any atom is -0.363 e. The molecule has 1 amide bonds. The number of rotatable bonds is 9. The van der Waals surface area contributed by atoms with Crippen LogP contribution in [-0.4, -0.2) is 57.3 Å². The molecule has 0 aromatic heterocycles. The molecule has 0 atom stereocenters. The number of ether oxygens (including phenoxy) is 3. The first-order chi connectivity index (χ1) is 8.59. The zero-order valence-corrected chi connectivity index (χ0v) is 11.5. The minimum absolute atomic E-state index is 0.0726. The maximum Gasteiger partial charge on any atom is 0.246 e. The molecule has 0 aromatic rings. The van der Waals surface area contributed by atoms with E-state index in [9.17, 15) is 4.79 Å². The van der Waals surface area contributed by atoms with Crippen LogP contribution in [-0.2, 0) is 19.0 Å². The number of hydrogen-bond donors (Lipinski definition) is 2. The summed E-state index contributed by atoms with van der Waals surface area (Å²) in [6.07, 6.45) is -0.384. The monoisotopic (exact) mass is 260 g/mol. The van der Waals surface area contributed by atoms with Crippen LogP contribution in [0.2, 0.25) is 0 Å². The fourth-order valence-electron chi connectivity index (χ4n) is 1.60. The normalized spacial score (nSPS) is 17.6. The van der Waals surface area contributed by atoms with E-state index in [2.05, 4.69) is 10.6 Å². The highest BCUT2D eigenvalue weighted by Gasteiger charge is 2.32. The second-order valence-corrected chi connectivity index (χ2v) is 4.49. The quantitative estimate of drug-likeness (QED) is 0.566. The van der Waals surface area contributed by atoms with Gasteiger partial charge in [0.15, 0.2) is 6.29 Å². The van der Waals surface area contributed by atoms with Gasteiger partial charge >= 0.3 is 0 Å². The first-order valence-electron chi connectivity index (χ1n) is 6.44. The van der Waals surface area contributed by atoms with Crippen molar-refractivity contribution in [2.75, 3.05) is 39.5 Å². The van der Waals surface area contributed by atoms with Gasteiger partial charge in [0, 0.05) is 26.3 Å². The number of amides is 1. The van der Waals surface area contributed by atoms with Gasteiger partial charge in [-0.3, -0.25) is 4.79 Å². The lowest BCUT2D eigenvalue weighted by atomic mass is 10.0. The molecule has 1 heterocycles. The Hall–Kier alpha value is -0.690. The highest BCUT2D eigenvalue weighted by atomic mass is 16.7. The fraction of sp³-hybridized carbons (Fsp3) is 0.917. The van der Waals surface area contributed by atoms with Crippen molar-refractivity contribution in [3.63, 3.8) is 0 Å². The maximum absolute atomic E-state index is 11.6. The Morgan fingerprint density at radius 1 is 1.33 bits per heavy atom. The molecule has 0 saturated carbocycles. The van der Waals surface area contributed by atoms with E-state index in [0.29, 0.717) is 19.8 Å². The van der Waals surface area contributed by atoms with Crippen molar-refractivity contribution in [3.05, 3.63) is 0 Å². The summed E-state index contributed by atoms with van der Waals surface area (Å²) in [6, 6.07) is 0. The van der Waals surface area contributed by atoms with Crippen LogP contribution in [0.5, 0.6) is 0 Å². The molecule has 0 aliphatic carbocycles. The zero-order chi connectivity index (χ0) is 13.4. The molecule has 1 aliphatic rings. The molecule has 6 nitrogen and oxygen atoms in total. The van der Waals surface area contributed by atoms with Crippen molar-refractivity contribution >= 4 is 5.91 Å². The maximum atomic E-state index is 11.6. The van der Waals surface area contributed by atoms with Crippen LogP contribution in [0, 0.1) is 0 Å². The predicted molar refractivity (Wildman–Crippen MR) is 67.3 cm³/mol. The Morgan fingerprint density at radius 3 is 2.39 bits per heavy atom. The smallest absolute Gasteiger partial charge is 0.246 e. The number of nitrogens with one attached hydrogen (secondary N) is 2. The van der Waals surface area contributed by atoms with E-state index in [1.165, 1.54) is 0 Å². The van der Waals surface area contributed by atoms with E-state index in [0.717, 1.165) is 13.1 Å². The summed E-state index contributed by atoms with van der Waals surface area (Å²) >= 11 is 0. The molecular formula is C12H24N2O4. The third-order valence-electron chi connectivity index (χ3n) is 2.72. The summed E-state index contributed by atoms with van der Waals surface area (Å²) < 4.78 is 16.2. The van der Waals surface area contributed by atoms with Crippen LogP contribution in [0.25, 0.3) is 0 Å². The molecule has 0 unspecified atom stereocenters. The van der Waals surface area contributed by atoms with E-state index in [1.54, 1.807) is 0 Å². The third-order valence-corrected chi connectivity index (χ3v) is 2.72. The van der Waals surface area contributed by atoms with Gasteiger partial charge < -0.3 is 24.8 Å². The molecule has 1 aliphatic heterocycles. The Kier molecular flexibility index (Phi) is 6.56. The second kappa shape index (κ2) is 7.68. The average molecular weight is 260 g/mol. The van der Waals surface area contributed by atoms with Crippen molar-refractivity contribution in [1.82, 2.24) is 10.6 Å². The lowest BCUT2D eigenvalue weighted by Crippen LogP contribution is -2.59. The van der Waals surface area contributed by atoms with Crippen molar-refractivity contribution in [2.24, 2.45) is 0 Å². The summed E-state index contributed by atoms with van der Waals surface area (Å²) in [5.41, 5.74) is -0.198. The highest BCUT2D eigenvalue weighted by molar-refractivity contribution is 5.77. The molecule has 0 bridgehead atoms. The van der Waals surface area contributed by atoms with Gasteiger partial charge in [-0.1, -0.05) is 0 Å². The molecule has 1 fully saturated rings. The SMILES string of the molecule is CCOC(CNC(=O)COC1(C)CNC1)OCC. The van der Waals surface area contributed by atoms with Crippen LogP contribution in [0.15, 0.2) is 0 Å². The van der Waals surface area contributed by atoms with Gasteiger partial charge in [-0.15, -0.1) is 0 Å². The van der Waals surface area contributed by atoms with E-state index < -0.39 is 0 Å². The van der Waals surface area contributed by atoms with E-state index in [-0.39, 0.29) is 24.4 Å². The van der Waals surface area contributed by atoms with Crippen LogP contribution in [0.1, 0.15) is 20.8 Å². The summed E-state index contributed by atoms with van der Waals surface area (Å²) in [6.45, 7) is 8.88. The van der Waals surface area contributed by atoms with E-state index in [4.69, 9.17) is 14.2 Å². The molecule has 1 rings (SSSR count). The average Bonchev–Trinajstić information content (AvgIpc) is 2.31. The standard InChI is InChI=1S/C12H24N2O4/c1-4-16-11(17-5-2)6-14-10(15)7-18-12(3)8-13-9-12/h11,13H,4-9H2,1-3H3,(H,14,15). The topological polar surface area (TPSA) is 68.8 Å². The molecular weight excluding hydrogens is 236 g/mol. The number of hydrogen-bond acceptors (Lipinski definition) is 5. The Bertz CT molecular complexity index is 250. The van der Waals surface area contributed by atoms with Crippen LogP contribution in [0.3, 0.4) is 0 Å². The molecule has 18 heavy (non-hydrogen) atoms. The Balaban J connectivity index is 2.14. The molecule has 106 valence electrons. The molecule has 6 heteroatoms.